The smallest absolute Gasteiger partial charge is 0.262 e. The van der Waals surface area contributed by atoms with Crippen molar-refractivity contribution in [2.75, 3.05) is 4.72 Å². The summed E-state index contributed by atoms with van der Waals surface area (Å²) in [5, 5.41) is 0.411. The third-order valence-electron chi connectivity index (χ3n) is 3.84. The molecule has 1 heterocycles. The summed E-state index contributed by atoms with van der Waals surface area (Å²) in [5.74, 6) is 0. The summed E-state index contributed by atoms with van der Waals surface area (Å²) in [7, 11) is -3.74. The van der Waals surface area contributed by atoms with Gasteiger partial charge in [0.2, 0.25) is 0 Å². The molecule has 0 aliphatic rings. The van der Waals surface area contributed by atoms with E-state index in [2.05, 4.69) is 14.7 Å². The molecule has 0 amide bonds. The first-order valence-corrected chi connectivity index (χ1v) is 9.17. The van der Waals surface area contributed by atoms with Gasteiger partial charge in [0.15, 0.2) is 0 Å². The predicted molar refractivity (Wildman–Crippen MR) is 96.0 cm³/mol. The van der Waals surface area contributed by atoms with Gasteiger partial charge in [-0.05, 0) is 56.7 Å². The number of sulfonamides is 1. The number of nitrogens with zero attached hydrogens (tertiary/aromatic N) is 2. The lowest BCUT2D eigenvalue weighted by Gasteiger charge is -2.12. The lowest BCUT2D eigenvalue weighted by atomic mass is 10.2. The van der Waals surface area contributed by atoms with Crippen LogP contribution in [0.15, 0.2) is 41.3 Å². The van der Waals surface area contributed by atoms with Crippen molar-refractivity contribution in [1.29, 1.82) is 0 Å². The topological polar surface area (TPSA) is 72.0 Å². The number of aromatic nitrogens is 2. The van der Waals surface area contributed by atoms with Gasteiger partial charge >= 0.3 is 0 Å². The average Bonchev–Trinajstić information content (AvgIpc) is 2.51. The fourth-order valence-electron chi connectivity index (χ4n) is 2.38. The largest absolute Gasteiger partial charge is 0.280 e. The van der Waals surface area contributed by atoms with Crippen molar-refractivity contribution in [2.24, 2.45) is 0 Å². The molecule has 124 valence electrons. The third kappa shape index (κ3) is 3.07. The van der Waals surface area contributed by atoms with Gasteiger partial charge in [-0.25, -0.2) is 18.4 Å². The van der Waals surface area contributed by atoms with Gasteiger partial charge in [-0.2, -0.15) is 0 Å². The molecule has 0 unspecified atom stereocenters. The number of nitrogens with one attached hydrogen (secondary N) is 1. The number of halogens is 1. The van der Waals surface area contributed by atoms with Crippen LogP contribution in [0.2, 0.25) is 5.02 Å². The summed E-state index contributed by atoms with van der Waals surface area (Å²) < 4.78 is 27.8. The Morgan fingerprint density at radius 3 is 2.33 bits per heavy atom. The predicted octanol–water partition coefficient (Wildman–Crippen LogP) is 4.01. The summed E-state index contributed by atoms with van der Waals surface area (Å²) >= 11 is 6.02. The first-order chi connectivity index (χ1) is 11.3. The monoisotopic (exact) mass is 361 g/mol. The molecule has 3 rings (SSSR count). The molecule has 24 heavy (non-hydrogen) atoms. The van der Waals surface area contributed by atoms with Crippen LogP contribution in [-0.4, -0.2) is 18.4 Å². The molecule has 1 aromatic heterocycles. The number of anilines is 1. The van der Waals surface area contributed by atoms with Crippen molar-refractivity contribution in [3.63, 3.8) is 0 Å². The van der Waals surface area contributed by atoms with E-state index in [9.17, 15) is 8.42 Å². The van der Waals surface area contributed by atoms with Gasteiger partial charge in [-0.1, -0.05) is 17.7 Å². The Kier molecular flexibility index (Phi) is 4.19. The molecule has 0 fully saturated rings. The first kappa shape index (κ1) is 16.7. The summed E-state index contributed by atoms with van der Waals surface area (Å²) in [6, 6.07) is 9.89. The zero-order valence-electron chi connectivity index (χ0n) is 13.5. The number of rotatable bonds is 3. The number of aryl methyl sites for hydroxylation is 2. The van der Waals surface area contributed by atoms with Gasteiger partial charge in [0.1, 0.15) is 0 Å². The molecule has 0 aliphatic heterocycles. The summed E-state index contributed by atoms with van der Waals surface area (Å²) in [5.41, 5.74) is 3.97. The second-order valence-corrected chi connectivity index (χ2v) is 7.62. The number of benzene rings is 2. The first-order valence-electron chi connectivity index (χ1n) is 7.31. The van der Waals surface area contributed by atoms with Crippen LogP contribution in [0.5, 0.6) is 0 Å². The number of hydrogen-bond donors (Lipinski definition) is 1. The van der Waals surface area contributed by atoms with Crippen LogP contribution in [0.3, 0.4) is 0 Å². The zero-order valence-corrected chi connectivity index (χ0v) is 15.0. The highest BCUT2D eigenvalue weighted by atomic mass is 35.5. The van der Waals surface area contributed by atoms with E-state index in [0.29, 0.717) is 21.8 Å². The Labute approximate surface area is 145 Å². The minimum Gasteiger partial charge on any atom is -0.280 e. The Hall–Kier alpha value is -2.18. The normalized spacial score (nSPS) is 11.7. The van der Waals surface area contributed by atoms with Crippen LogP contribution in [0.1, 0.15) is 17.0 Å². The van der Waals surface area contributed by atoms with Crippen molar-refractivity contribution < 1.29 is 8.42 Å². The van der Waals surface area contributed by atoms with E-state index in [1.165, 1.54) is 6.07 Å². The van der Waals surface area contributed by atoms with Gasteiger partial charge in [-0.3, -0.25) is 4.72 Å². The second-order valence-electron chi connectivity index (χ2n) is 5.57. The third-order valence-corrected chi connectivity index (χ3v) is 5.77. The van der Waals surface area contributed by atoms with E-state index in [4.69, 9.17) is 11.6 Å². The van der Waals surface area contributed by atoms with E-state index in [0.717, 1.165) is 16.9 Å². The minimum atomic E-state index is -3.74. The Balaban J connectivity index is 2.02. The van der Waals surface area contributed by atoms with Gasteiger partial charge in [-0.15, -0.1) is 0 Å². The fraction of sp³-hybridized carbons (Fsp3) is 0.176. The van der Waals surface area contributed by atoms with Crippen molar-refractivity contribution in [3.8, 4) is 0 Å². The molecule has 0 radical (unpaired) electrons. The summed E-state index contributed by atoms with van der Waals surface area (Å²) in [6.45, 7) is 5.43. The Bertz CT molecular complexity index is 1050. The molecule has 5 nitrogen and oxygen atoms in total. The number of fused-ring (bicyclic) bond motifs is 1. The van der Waals surface area contributed by atoms with Crippen LogP contribution in [0.25, 0.3) is 11.0 Å². The molecule has 0 bridgehead atoms. The van der Waals surface area contributed by atoms with Gasteiger partial charge in [0.25, 0.3) is 10.0 Å². The van der Waals surface area contributed by atoms with Crippen molar-refractivity contribution >= 4 is 38.3 Å². The van der Waals surface area contributed by atoms with E-state index in [-0.39, 0.29) is 4.90 Å². The van der Waals surface area contributed by atoms with E-state index < -0.39 is 10.0 Å². The van der Waals surface area contributed by atoms with E-state index in [1.54, 1.807) is 37.3 Å². The van der Waals surface area contributed by atoms with E-state index in [1.807, 2.05) is 13.8 Å². The molecule has 0 atom stereocenters. The molecular formula is C17H16ClN3O2S. The van der Waals surface area contributed by atoms with Gasteiger partial charge in [0.05, 0.1) is 33.0 Å². The maximum atomic E-state index is 12.6. The standard InChI is InChI=1S/C17H16ClN3O2S/c1-10-14(18)5-4-6-17(10)24(22,23)21-13-7-8-15-16(9-13)20-12(3)11(2)19-15/h4-9,21H,1-3H3. The highest BCUT2D eigenvalue weighted by Gasteiger charge is 2.18. The maximum absolute atomic E-state index is 12.6. The Morgan fingerprint density at radius 1 is 0.958 bits per heavy atom. The van der Waals surface area contributed by atoms with Crippen LogP contribution < -0.4 is 4.72 Å². The quantitative estimate of drug-likeness (QED) is 0.765. The van der Waals surface area contributed by atoms with Crippen molar-refractivity contribution in [2.45, 2.75) is 25.7 Å². The zero-order chi connectivity index (χ0) is 17.5. The van der Waals surface area contributed by atoms with Crippen molar-refractivity contribution in [1.82, 2.24) is 9.97 Å². The summed E-state index contributed by atoms with van der Waals surface area (Å²) in [4.78, 5) is 9.05. The lowest BCUT2D eigenvalue weighted by molar-refractivity contribution is 0.600. The van der Waals surface area contributed by atoms with Crippen LogP contribution in [0, 0.1) is 20.8 Å². The lowest BCUT2D eigenvalue weighted by Crippen LogP contribution is -2.14. The molecule has 1 N–H and O–H groups in total. The highest BCUT2D eigenvalue weighted by molar-refractivity contribution is 7.92. The molecule has 0 saturated heterocycles. The minimum absolute atomic E-state index is 0.154. The molecular weight excluding hydrogens is 346 g/mol. The molecule has 7 heteroatoms. The maximum Gasteiger partial charge on any atom is 0.262 e. The highest BCUT2D eigenvalue weighted by Crippen LogP contribution is 2.25. The molecule has 0 aliphatic carbocycles. The molecule has 2 aromatic carbocycles. The average molecular weight is 362 g/mol. The molecule has 0 saturated carbocycles. The van der Waals surface area contributed by atoms with Crippen LogP contribution >= 0.6 is 11.6 Å². The van der Waals surface area contributed by atoms with Gasteiger partial charge < -0.3 is 0 Å². The molecule has 3 aromatic rings. The van der Waals surface area contributed by atoms with Crippen LogP contribution in [-0.2, 0) is 10.0 Å². The summed E-state index contributed by atoms with van der Waals surface area (Å²) in [6.07, 6.45) is 0. The van der Waals surface area contributed by atoms with Gasteiger partial charge in [0, 0.05) is 5.02 Å². The molecule has 0 spiro atoms. The second kappa shape index (κ2) is 6.03. The SMILES string of the molecule is Cc1nc2ccc(NS(=O)(=O)c3cccc(Cl)c3C)cc2nc1C. The van der Waals surface area contributed by atoms with Crippen molar-refractivity contribution in [3.05, 3.63) is 58.4 Å². The van der Waals surface area contributed by atoms with E-state index >= 15 is 0 Å². The number of hydrogen-bond acceptors (Lipinski definition) is 4. The Morgan fingerprint density at radius 2 is 1.62 bits per heavy atom. The fourth-order valence-corrected chi connectivity index (χ4v) is 3.93. The van der Waals surface area contributed by atoms with Crippen LogP contribution in [0.4, 0.5) is 5.69 Å².